The highest BCUT2D eigenvalue weighted by Gasteiger charge is 2.62. The van der Waals surface area contributed by atoms with Crippen molar-refractivity contribution in [2.24, 2.45) is 5.41 Å². The Kier molecular flexibility index (Phi) is 29.1. The summed E-state index contributed by atoms with van der Waals surface area (Å²) in [6, 6.07) is 0. The zero-order chi connectivity index (χ0) is 37.6. The molecule has 0 radical (unpaired) electrons. The predicted molar refractivity (Wildman–Crippen MR) is 240 cm³/mol. The summed E-state index contributed by atoms with van der Waals surface area (Å²) in [6.45, 7) is 19.1. The number of aliphatic hydroxyl groups is 3. The first-order valence-electron chi connectivity index (χ1n) is 15.6. The van der Waals surface area contributed by atoms with E-state index in [0.717, 1.165) is 21.9 Å². The van der Waals surface area contributed by atoms with Gasteiger partial charge in [-0.2, -0.15) is 0 Å². The lowest BCUT2D eigenvalue weighted by Crippen LogP contribution is -2.57. The molecular weight excluding hydrogens is 861 g/mol. The van der Waals surface area contributed by atoms with Crippen molar-refractivity contribution in [3.63, 3.8) is 0 Å². The molecular formula is C27H50N4O6S12. The van der Waals surface area contributed by atoms with Crippen LogP contribution in [0.15, 0.2) is 0 Å². The van der Waals surface area contributed by atoms with Crippen LogP contribution in [-0.4, -0.2) is 140 Å². The average molecular weight is 912 g/mol. The Bertz CT molecular complexity index is 989. The third kappa shape index (κ3) is 15.7. The van der Waals surface area contributed by atoms with Gasteiger partial charge in [-0.05, 0) is 120 Å². The largest absolute Gasteiger partial charge is 0.448 e. The number of carbonyl (C=O) groups is 1. The van der Waals surface area contributed by atoms with Crippen LogP contribution in [0, 0.1) is 5.41 Å². The van der Waals surface area contributed by atoms with Crippen LogP contribution >= 0.6 is 136 Å². The molecule has 0 rings (SSSR count). The van der Waals surface area contributed by atoms with Gasteiger partial charge in [0.25, 0.3) is 0 Å². The Morgan fingerprint density at radius 1 is 0.612 bits per heavy atom. The lowest BCUT2D eigenvalue weighted by atomic mass is 9.91. The van der Waals surface area contributed by atoms with Crippen LogP contribution in [0.2, 0.25) is 0 Å². The van der Waals surface area contributed by atoms with Crippen molar-refractivity contribution in [1.29, 1.82) is 0 Å². The van der Waals surface area contributed by atoms with E-state index in [2.05, 4.69) is 0 Å². The molecule has 0 aliphatic carbocycles. The van der Waals surface area contributed by atoms with Crippen LogP contribution in [-0.2, 0) is 13.7 Å². The maximum atomic E-state index is 12.8. The number of carbonyl (C=O) groups excluding carboxylic acids is 1. The molecule has 0 bridgehead atoms. The second-order valence-electron chi connectivity index (χ2n) is 9.51. The van der Waals surface area contributed by atoms with Crippen LogP contribution in [0.4, 0.5) is 0 Å². The van der Waals surface area contributed by atoms with E-state index >= 15 is 0 Å². The molecule has 10 nitrogen and oxygen atoms in total. The zero-order valence-electron chi connectivity index (χ0n) is 29.1. The van der Waals surface area contributed by atoms with Gasteiger partial charge in [0.05, 0.1) is 24.3 Å². The molecule has 0 saturated carbocycles. The molecule has 0 heterocycles. The molecule has 0 aliphatic rings. The van der Waals surface area contributed by atoms with Crippen LogP contribution in [0.25, 0.3) is 0 Å². The summed E-state index contributed by atoms with van der Waals surface area (Å²) in [6.07, 6.45) is 0. The first kappa shape index (κ1) is 50.7. The van der Waals surface area contributed by atoms with Crippen molar-refractivity contribution >= 4 is 159 Å². The lowest BCUT2D eigenvalue weighted by molar-refractivity contribution is -0.159. The van der Waals surface area contributed by atoms with Gasteiger partial charge in [-0.1, -0.05) is 48.9 Å². The molecule has 0 spiro atoms. The Hall–Kier alpha value is 1.67. The zero-order valence-corrected chi connectivity index (χ0v) is 38.9. The number of thiocarbonyl (C=S) groups is 4. The topological polar surface area (TPSA) is 109 Å². The summed E-state index contributed by atoms with van der Waals surface area (Å²) in [5.41, 5.74) is -3.00. The van der Waals surface area contributed by atoms with Gasteiger partial charge in [0.1, 0.15) is 29.3 Å². The molecule has 0 aromatic rings. The normalized spacial score (nSPS) is 12.3. The van der Waals surface area contributed by atoms with Gasteiger partial charge in [0, 0.05) is 63.2 Å². The first-order valence-corrected chi connectivity index (χ1v) is 25.8. The highest BCUT2D eigenvalue weighted by atomic mass is 33.1. The van der Waals surface area contributed by atoms with E-state index < -0.39 is 40.9 Å². The quantitative estimate of drug-likeness (QED) is 0.0311. The van der Waals surface area contributed by atoms with Gasteiger partial charge < -0.3 is 39.7 Å². The Morgan fingerprint density at radius 2 is 0.959 bits per heavy atom. The molecule has 0 fully saturated rings. The summed E-state index contributed by atoms with van der Waals surface area (Å²) in [5, 5.41) is 32.6. The van der Waals surface area contributed by atoms with Crippen molar-refractivity contribution in [3.8, 4) is 0 Å². The lowest BCUT2D eigenvalue weighted by Gasteiger charge is -2.48. The summed E-state index contributed by atoms with van der Waals surface area (Å²) in [7, 11) is 8.35. The van der Waals surface area contributed by atoms with E-state index in [4.69, 9.17) is 57.8 Å². The second kappa shape index (κ2) is 28.1. The minimum atomic E-state index is -1.73. The van der Waals surface area contributed by atoms with Gasteiger partial charge in [-0.25, -0.2) is 4.79 Å². The number of nitrogens with zero attached hydrogens (tertiary/aromatic N) is 4. The Labute approximate surface area is 346 Å². The number of esters is 1. The molecule has 286 valence electrons. The standard InChI is InChI=1S/C27H50N4O6S12/c1-9-28(10-2)22(38)43-42-21(36-20(35)17-32)26(18-33,19-34)27(47-44-23(39)29(11-3)12-4,48-45-24(40)30(13-5)14-6)37-49-46-25(41)31(15-7)16-8/h21,32-34H,9-19H2,1-8H3. The van der Waals surface area contributed by atoms with Crippen molar-refractivity contribution < 1.29 is 29.0 Å². The Balaban J connectivity index is 7.43. The van der Waals surface area contributed by atoms with Crippen molar-refractivity contribution in [1.82, 2.24) is 19.6 Å². The van der Waals surface area contributed by atoms with Crippen LogP contribution in [0.3, 0.4) is 0 Å². The fraction of sp³-hybridized carbons (Fsp3) is 0.815. The third-order valence-corrected chi connectivity index (χ3v) is 21.0. The summed E-state index contributed by atoms with van der Waals surface area (Å²) in [5.74, 6) is -0.940. The molecule has 1 unspecified atom stereocenters. The number of rotatable bonds is 23. The molecule has 0 aromatic carbocycles. The van der Waals surface area contributed by atoms with Gasteiger partial charge in [-0.3, -0.25) is 4.18 Å². The fourth-order valence-corrected chi connectivity index (χ4v) is 17.9. The number of hydrogen-bond acceptors (Lipinski definition) is 18. The van der Waals surface area contributed by atoms with Crippen molar-refractivity contribution in [2.45, 2.75) is 65.1 Å². The van der Waals surface area contributed by atoms with E-state index in [1.54, 1.807) is 0 Å². The predicted octanol–water partition coefficient (Wildman–Crippen LogP) is 7.44. The van der Waals surface area contributed by atoms with E-state index in [-0.39, 0.29) is 0 Å². The van der Waals surface area contributed by atoms with Gasteiger partial charge in [0.15, 0.2) is 5.44 Å². The van der Waals surface area contributed by atoms with Gasteiger partial charge in [0.2, 0.25) is 4.27 Å². The molecule has 22 heteroatoms. The Morgan fingerprint density at radius 3 is 1.29 bits per heavy atom. The average Bonchev–Trinajstić information content (AvgIpc) is 3.10. The maximum Gasteiger partial charge on any atom is 0.332 e. The van der Waals surface area contributed by atoms with Crippen LogP contribution in [0.5, 0.6) is 0 Å². The van der Waals surface area contributed by atoms with E-state index in [0.29, 0.717) is 69.6 Å². The van der Waals surface area contributed by atoms with E-state index in [1.165, 1.54) is 64.8 Å². The number of ether oxygens (including phenoxy) is 1. The van der Waals surface area contributed by atoms with Gasteiger partial charge >= 0.3 is 5.97 Å². The first-order chi connectivity index (χ1) is 23.3. The van der Waals surface area contributed by atoms with Crippen molar-refractivity contribution in [2.75, 3.05) is 72.2 Å². The molecule has 3 N–H and O–H groups in total. The maximum absolute atomic E-state index is 12.8. The summed E-state index contributed by atoms with van der Waals surface area (Å²) in [4.78, 5) is 20.7. The summed E-state index contributed by atoms with van der Waals surface area (Å²) >= 11 is 24.0. The molecule has 0 aromatic heterocycles. The smallest absolute Gasteiger partial charge is 0.332 e. The van der Waals surface area contributed by atoms with E-state index in [1.807, 2.05) is 75.0 Å². The minimum Gasteiger partial charge on any atom is -0.448 e. The second-order valence-corrected chi connectivity index (χ2v) is 21.0. The summed E-state index contributed by atoms with van der Waals surface area (Å²) < 4.78 is 13.2. The minimum absolute atomic E-state index is 0.528. The fourth-order valence-electron chi connectivity index (χ4n) is 3.70. The van der Waals surface area contributed by atoms with E-state index in [9.17, 15) is 20.1 Å². The monoisotopic (exact) mass is 910 g/mol. The molecule has 0 aliphatic heterocycles. The number of hydrogen-bond donors (Lipinski definition) is 3. The number of aliphatic hydroxyl groups excluding tert-OH is 3. The van der Waals surface area contributed by atoms with Gasteiger partial charge in [-0.15, -0.1) is 0 Å². The highest BCUT2D eigenvalue weighted by Crippen LogP contribution is 2.65. The highest BCUT2D eigenvalue weighted by molar-refractivity contribution is 8.92. The molecule has 0 saturated heterocycles. The van der Waals surface area contributed by atoms with Crippen molar-refractivity contribution in [3.05, 3.63) is 0 Å². The molecule has 49 heavy (non-hydrogen) atoms. The van der Waals surface area contributed by atoms with Crippen LogP contribution < -0.4 is 0 Å². The SMILES string of the molecule is CCN(CC)C(=S)SSOC(SSC(=S)N(CC)CC)(SSC(=S)N(CC)CC)C(CO)(CO)C(OC(=O)CO)SSC(=S)N(CC)CC. The molecule has 1 atom stereocenters. The third-order valence-electron chi connectivity index (χ3n) is 6.98. The van der Waals surface area contributed by atoms with Crippen LogP contribution in [0.1, 0.15) is 55.4 Å². The molecule has 0 amide bonds.